The maximum Gasteiger partial charge on any atom is 0.254 e. The van der Waals surface area contributed by atoms with Crippen molar-refractivity contribution < 1.29 is 13.9 Å². The second kappa shape index (κ2) is 8.29. The summed E-state index contributed by atoms with van der Waals surface area (Å²) in [4.78, 5) is 12.1. The normalized spacial score (nSPS) is 10.5. The van der Waals surface area contributed by atoms with Gasteiger partial charge in [-0.2, -0.15) is 0 Å². The zero-order valence-electron chi connectivity index (χ0n) is 12.6. The SMILES string of the molecule is COCCCCNC(=O)c1cc(-c2ccccc2)ccc1F. The van der Waals surface area contributed by atoms with E-state index in [2.05, 4.69) is 5.32 Å². The van der Waals surface area contributed by atoms with Crippen molar-refractivity contribution in [1.29, 1.82) is 0 Å². The van der Waals surface area contributed by atoms with Gasteiger partial charge in [0.15, 0.2) is 0 Å². The minimum Gasteiger partial charge on any atom is -0.385 e. The Balaban J connectivity index is 2.05. The third kappa shape index (κ3) is 4.40. The fourth-order valence-corrected chi connectivity index (χ4v) is 2.18. The summed E-state index contributed by atoms with van der Waals surface area (Å²) in [6, 6.07) is 14.2. The van der Waals surface area contributed by atoms with Gasteiger partial charge in [0.1, 0.15) is 5.82 Å². The highest BCUT2D eigenvalue weighted by molar-refractivity contribution is 5.95. The van der Waals surface area contributed by atoms with Gasteiger partial charge in [-0.1, -0.05) is 36.4 Å². The van der Waals surface area contributed by atoms with Crippen molar-refractivity contribution >= 4 is 5.91 Å². The lowest BCUT2D eigenvalue weighted by Gasteiger charge is -2.08. The number of rotatable bonds is 7. The fourth-order valence-electron chi connectivity index (χ4n) is 2.18. The first-order valence-electron chi connectivity index (χ1n) is 7.34. The Bertz CT molecular complexity index is 614. The van der Waals surface area contributed by atoms with Crippen molar-refractivity contribution in [2.75, 3.05) is 20.3 Å². The molecule has 0 fully saturated rings. The number of hydrogen-bond donors (Lipinski definition) is 1. The van der Waals surface area contributed by atoms with Crippen LogP contribution in [0.2, 0.25) is 0 Å². The number of amides is 1. The molecular formula is C18H20FNO2. The molecule has 3 nitrogen and oxygen atoms in total. The van der Waals surface area contributed by atoms with Gasteiger partial charge in [0.05, 0.1) is 5.56 Å². The number of nitrogens with one attached hydrogen (secondary N) is 1. The first-order valence-corrected chi connectivity index (χ1v) is 7.34. The van der Waals surface area contributed by atoms with Gasteiger partial charge in [-0.05, 0) is 36.1 Å². The van der Waals surface area contributed by atoms with Gasteiger partial charge in [-0.25, -0.2) is 4.39 Å². The molecule has 0 heterocycles. The number of halogens is 1. The number of methoxy groups -OCH3 is 1. The van der Waals surface area contributed by atoms with Crippen LogP contribution in [0.25, 0.3) is 11.1 Å². The van der Waals surface area contributed by atoms with E-state index < -0.39 is 5.82 Å². The highest BCUT2D eigenvalue weighted by Gasteiger charge is 2.12. The number of carbonyl (C=O) groups is 1. The topological polar surface area (TPSA) is 38.3 Å². The molecule has 0 radical (unpaired) electrons. The van der Waals surface area contributed by atoms with Crippen molar-refractivity contribution in [2.24, 2.45) is 0 Å². The zero-order valence-corrected chi connectivity index (χ0v) is 12.6. The van der Waals surface area contributed by atoms with Crippen LogP contribution in [0.4, 0.5) is 4.39 Å². The zero-order chi connectivity index (χ0) is 15.8. The van der Waals surface area contributed by atoms with Gasteiger partial charge in [0, 0.05) is 20.3 Å². The van der Waals surface area contributed by atoms with Crippen LogP contribution in [0.5, 0.6) is 0 Å². The minimum absolute atomic E-state index is 0.0769. The molecule has 116 valence electrons. The van der Waals surface area contributed by atoms with Gasteiger partial charge >= 0.3 is 0 Å². The van der Waals surface area contributed by atoms with Crippen LogP contribution >= 0.6 is 0 Å². The molecule has 0 aromatic heterocycles. The summed E-state index contributed by atoms with van der Waals surface area (Å²) >= 11 is 0. The molecule has 0 atom stereocenters. The number of carbonyl (C=O) groups excluding carboxylic acids is 1. The maximum atomic E-state index is 13.9. The predicted molar refractivity (Wildman–Crippen MR) is 85.3 cm³/mol. The van der Waals surface area contributed by atoms with E-state index in [0.29, 0.717) is 13.2 Å². The molecule has 0 saturated carbocycles. The molecule has 22 heavy (non-hydrogen) atoms. The average molecular weight is 301 g/mol. The molecule has 1 amide bonds. The molecule has 0 bridgehead atoms. The third-order valence-electron chi connectivity index (χ3n) is 3.38. The Labute approximate surface area is 130 Å². The van der Waals surface area contributed by atoms with Gasteiger partial charge in [-0.3, -0.25) is 4.79 Å². The van der Waals surface area contributed by atoms with E-state index >= 15 is 0 Å². The van der Waals surface area contributed by atoms with Crippen LogP contribution in [0.15, 0.2) is 48.5 Å². The Morgan fingerprint density at radius 3 is 2.59 bits per heavy atom. The molecule has 4 heteroatoms. The van der Waals surface area contributed by atoms with E-state index in [9.17, 15) is 9.18 Å². The largest absolute Gasteiger partial charge is 0.385 e. The van der Waals surface area contributed by atoms with Gasteiger partial charge in [0.25, 0.3) is 5.91 Å². The molecule has 0 aliphatic rings. The second-order valence-corrected chi connectivity index (χ2v) is 5.02. The number of ether oxygens (including phenoxy) is 1. The summed E-state index contributed by atoms with van der Waals surface area (Å²) in [5.74, 6) is -0.887. The Kier molecular flexibility index (Phi) is 6.10. The van der Waals surface area contributed by atoms with Crippen molar-refractivity contribution in [3.8, 4) is 11.1 Å². The molecular weight excluding hydrogens is 281 g/mol. The second-order valence-electron chi connectivity index (χ2n) is 5.02. The molecule has 0 aliphatic carbocycles. The van der Waals surface area contributed by atoms with Crippen LogP contribution in [0.3, 0.4) is 0 Å². The summed E-state index contributed by atoms with van der Waals surface area (Å²) in [6.45, 7) is 1.17. The molecule has 0 aliphatic heterocycles. The molecule has 0 saturated heterocycles. The van der Waals surface area contributed by atoms with E-state index in [1.807, 2.05) is 30.3 Å². The predicted octanol–water partition coefficient (Wildman–Crippen LogP) is 3.65. The number of benzene rings is 2. The van der Waals surface area contributed by atoms with Crippen molar-refractivity contribution in [1.82, 2.24) is 5.32 Å². The Morgan fingerprint density at radius 1 is 1.09 bits per heavy atom. The standard InChI is InChI=1S/C18H20FNO2/c1-22-12-6-5-11-20-18(21)16-13-15(9-10-17(16)19)14-7-3-2-4-8-14/h2-4,7-10,13H,5-6,11-12H2,1H3,(H,20,21). The summed E-state index contributed by atoms with van der Waals surface area (Å²) in [5, 5.41) is 2.74. The highest BCUT2D eigenvalue weighted by Crippen LogP contribution is 2.21. The number of unbranched alkanes of at least 4 members (excludes halogenated alkanes) is 1. The number of hydrogen-bond acceptors (Lipinski definition) is 2. The van der Waals surface area contributed by atoms with Gasteiger partial charge in [-0.15, -0.1) is 0 Å². The van der Waals surface area contributed by atoms with E-state index in [1.54, 1.807) is 19.2 Å². The van der Waals surface area contributed by atoms with Crippen molar-refractivity contribution in [2.45, 2.75) is 12.8 Å². The minimum atomic E-state index is -0.505. The van der Waals surface area contributed by atoms with E-state index in [0.717, 1.165) is 24.0 Å². The monoisotopic (exact) mass is 301 g/mol. The van der Waals surface area contributed by atoms with Crippen LogP contribution in [-0.2, 0) is 4.74 Å². The van der Waals surface area contributed by atoms with E-state index in [-0.39, 0.29) is 11.5 Å². The van der Waals surface area contributed by atoms with Crippen molar-refractivity contribution in [3.63, 3.8) is 0 Å². The molecule has 0 spiro atoms. The first kappa shape index (κ1) is 16.2. The highest BCUT2D eigenvalue weighted by atomic mass is 19.1. The smallest absolute Gasteiger partial charge is 0.254 e. The Hall–Kier alpha value is -2.20. The lowest BCUT2D eigenvalue weighted by molar-refractivity contribution is 0.0947. The third-order valence-corrected chi connectivity index (χ3v) is 3.38. The summed E-state index contributed by atoms with van der Waals surface area (Å²) in [5.41, 5.74) is 1.86. The lowest BCUT2D eigenvalue weighted by atomic mass is 10.0. The average Bonchev–Trinajstić information content (AvgIpc) is 2.55. The summed E-state index contributed by atoms with van der Waals surface area (Å²) in [7, 11) is 1.64. The first-order chi connectivity index (χ1) is 10.7. The fraction of sp³-hybridized carbons (Fsp3) is 0.278. The molecule has 2 rings (SSSR count). The Morgan fingerprint density at radius 2 is 1.86 bits per heavy atom. The van der Waals surface area contributed by atoms with Crippen molar-refractivity contribution in [3.05, 3.63) is 59.9 Å². The molecule has 1 N–H and O–H groups in total. The maximum absolute atomic E-state index is 13.9. The molecule has 0 unspecified atom stereocenters. The van der Waals surface area contributed by atoms with Crippen LogP contribution in [0, 0.1) is 5.82 Å². The molecule has 2 aromatic rings. The quantitative estimate of drug-likeness (QED) is 0.793. The van der Waals surface area contributed by atoms with E-state index in [1.165, 1.54) is 6.07 Å². The van der Waals surface area contributed by atoms with Crippen LogP contribution < -0.4 is 5.32 Å². The van der Waals surface area contributed by atoms with Gasteiger partial charge < -0.3 is 10.1 Å². The lowest BCUT2D eigenvalue weighted by Crippen LogP contribution is -2.25. The van der Waals surface area contributed by atoms with Crippen LogP contribution in [-0.4, -0.2) is 26.2 Å². The molecule has 2 aromatic carbocycles. The van der Waals surface area contributed by atoms with E-state index in [4.69, 9.17) is 4.74 Å². The van der Waals surface area contributed by atoms with Crippen LogP contribution in [0.1, 0.15) is 23.2 Å². The summed E-state index contributed by atoms with van der Waals surface area (Å²) < 4.78 is 18.8. The summed E-state index contributed by atoms with van der Waals surface area (Å²) in [6.07, 6.45) is 1.67. The van der Waals surface area contributed by atoms with Gasteiger partial charge in [0.2, 0.25) is 0 Å².